The van der Waals surface area contributed by atoms with Crippen molar-refractivity contribution >= 4 is 33.3 Å². The van der Waals surface area contributed by atoms with Crippen LogP contribution in [0, 0.1) is 0 Å². The number of halogens is 7. The summed E-state index contributed by atoms with van der Waals surface area (Å²) in [5, 5.41) is 1.83. The van der Waals surface area contributed by atoms with Gasteiger partial charge in [-0.3, -0.25) is 9.59 Å². The van der Waals surface area contributed by atoms with Gasteiger partial charge in [0.2, 0.25) is 5.78 Å². The van der Waals surface area contributed by atoms with E-state index in [0.29, 0.717) is 24.3 Å². The number of Topliss-reactive ketones (excluding diaryl/α,β-unsaturated/α-hetero) is 1. The van der Waals surface area contributed by atoms with E-state index >= 15 is 0 Å². The minimum absolute atomic E-state index is 0.230. The minimum atomic E-state index is -5.11. The molecule has 0 aliphatic carbocycles. The van der Waals surface area contributed by atoms with Crippen molar-refractivity contribution in [2.45, 2.75) is 31.6 Å². The Balaban J connectivity index is 2.08. The molecule has 2 rings (SSSR count). The lowest BCUT2D eigenvalue weighted by molar-refractivity contribution is -0.144. The van der Waals surface area contributed by atoms with Crippen molar-refractivity contribution in [2.75, 3.05) is 12.4 Å². The molecule has 11 heteroatoms. The number of anilines is 1. The predicted molar refractivity (Wildman–Crippen MR) is 104 cm³/mol. The van der Waals surface area contributed by atoms with Crippen molar-refractivity contribution < 1.29 is 40.7 Å². The van der Waals surface area contributed by atoms with E-state index in [1.54, 1.807) is 24.3 Å². The fraction of sp³-hybridized carbons (Fsp3) is 0.300. The van der Waals surface area contributed by atoms with Crippen LogP contribution in [0.25, 0.3) is 0 Å². The average molecular weight is 512 g/mol. The first kappa shape index (κ1) is 24.7. The molecule has 0 atom stereocenters. The van der Waals surface area contributed by atoms with Crippen LogP contribution in [0.5, 0.6) is 5.75 Å². The second kappa shape index (κ2) is 9.71. The average Bonchev–Trinajstić information content (AvgIpc) is 2.67. The van der Waals surface area contributed by atoms with Gasteiger partial charge in [-0.05, 0) is 58.6 Å². The molecule has 0 heterocycles. The van der Waals surface area contributed by atoms with Crippen molar-refractivity contribution in [1.29, 1.82) is 0 Å². The third-order valence-corrected chi connectivity index (χ3v) is 5.08. The van der Waals surface area contributed by atoms with Crippen LogP contribution in [0.15, 0.2) is 40.9 Å². The third kappa shape index (κ3) is 6.71. The van der Waals surface area contributed by atoms with Crippen LogP contribution in [0.1, 0.15) is 29.5 Å². The highest BCUT2D eigenvalue weighted by molar-refractivity contribution is 9.10. The number of carbonyl (C=O) groups is 2. The molecule has 1 N–H and O–H groups in total. The summed E-state index contributed by atoms with van der Waals surface area (Å²) in [6.45, 7) is 0. The molecule has 168 valence electrons. The quantitative estimate of drug-likeness (QED) is 0.365. The number of methoxy groups -OCH3 is 1. The molecule has 0 saturated heterocycles. The maximum atomic E-state index is 13.1. The molecule has 1 amide bonds. The van der Waals surface area contributed by atoms with Crippen LogP contribution in [-0.4, -0.2) is 18.8 Å². The van der Waals surface area contributed by atoms with Gasteiger partial charge in [0, 0.05) is 16.6 Å². The Morgan fingerprint density at radius 2 is 1.48 bits per heavy atom. The van der Waals surface area contributed by atoms with Gasteiger partial charge in [0.05, 0.1) is 18.2 Å². The Labute approximate surface area is 181 Å². The zero-order valence-electron chi connectivity index (χ0n) is 16.0. The number of benzene rings is 2. The summed E-state index contributed by atoms with van der Waals surface area (Å²) in [5.41, 5.74) is -3.16. The van der Waals surface area contributed by atoms with E-state index in [0.717, 1.165) is 5.56 Å². The molecular weight excluding hydrogens is 496 g/mol. The van der Waals surface area contributed by atoms with E-state index in [1.165, 1.54) is 7.11 Å². The van der Waals surface area contributed by atoms with Gasteiger partial charge in [0.1, 0.15) is 5.75 Å². The first-order valence-electron chi connectivity index (χ1n) is 8.78. The van der Waals surface area contributed by atoms with Crippen LogP contribution < -0.4 is 10.1 Å². The zero-order valence-corrected chi connectivity index (χ0v) is 17.5. The Kier molecular flexibility index (Phi) is 7.74. The summed E-state index contributed by atoms with van der Waals surface area (Å²) in [6.07, 6.45) is -9.74. The molecule has 0 fully saturated rings. The third-order valence-electron chi connectivity index (χ3n) is 4.22. The normalized spacial score (nSPS) is 11.9. The molecule has 2 aromatic rings. The fourth-order valence-electron chi connectivity index (χ4n) is 2.67. The molecule has 31 heavy (non-hydrogen) atoms. The Hall–Kier alpha value is -2.56. The second-order valence-corrected chi connectivity index (χ2v) is 7.25. The number of alkyl halides is 6. The lowest BCUT2D eigenvalue weighted by Gasteiger charge is -2.17. The molecule has 4 nitrogen and oxygen atoms in total. The molecule has 0 aliphatic heterocycles. The highest BCUT2D eigenvalue weighted by atomic mass is 79.9. The van der Waals surface area contributed by atoms with Crippen LogP contribution in [0.4, 0.5) is 32.0 Å². The molecule has 0 aromatic heterocycles. The minimum Gasteiger partial charge on any atom is -0.497 e. The summed E-state index contributed by atoms with van der Waals surface area (Å²) in [4.78, 5) is 24.0. The summed E-state index contributed by atoms with van der Waals surface area (Å²) in [5.74, 6) is -1.61. The standard InChI is InChI=1S/C20H16BrF6NO3/c1-31-13-7-5-11(6-8-13)3-2-4-16(29)18(30)28-12-9-14(19(22,23)24)17(21)15(10-12)20(25,26)27/h5-10H,2-4H2,1H3,(H,28,30). The van der Waals surface area contributed by atoms with E-state index in [2.05, 4.69) is 15.9 Å². The van der Waals surface area contributed by atoms with Crippen molar-refractivity contribution in [3.05, 3.63) is 57.6 Å². The number of amides is 1. The number of aryl methyl sites for hydroxylation is 1. The van der Waals surface area contributed by atoms with Crippen molar-refractivity contribution in [2.24, 2.45) is 0 Å². The first-order chi connectivity index (χ1) is 14.3. The number of hydrogen-bond donors (Lipinski definition) is 1. The lowest BCUT2D eigenvalue weighted by Crippen LogP contribution is -2.23. The van der Waals surface area contributed by atoms with E-state index in [-0.39, 0.29) is 12.8 Å². The fourth-order valence-corrected chi connectivity index (χ4v) is 3.35. The monoisotopic (exact) mass is 511 g/mol. The van der Waals surface area contributed by atoms with Crippen molar-refractivity contribution in [3.63, 3.8) is 0 Å². The zero-order chi connectivity index (χ0) is 23.4. The number of carbonyl (C=O) groups excluding carboxylic acids is 2. The Bertz CT molecular complexity index is 920. The van der Waals surface area contributed by atoms with Crippen molar-refractivity contribution in [1.82, 2.24) is 0 Å². The number of ether oxygens (including phenoxy) is 1. The van der Waals surface area contributed by atoms with Gasteiger partial charge in [0.15, 0.2) is 0 Å². The maximum Gasteiger partial charge on any atom is 0.417 e. The van der Waals surface area contributed by atoms with Crippen LogP contribution in [-0.2, 0) is 28.4 Å². The van der Waals surface area contributed by atoms with E-state index in [4.69, 9.17) is 4.74 Å². The molecule has 0 saturated carbocycles. The van der Waals surface area contributed by atoms with E-state index in [9.17, 15) is 35.9 Å². The van der Waals surface area contributed by atoms with Crippen LogP contribution in [0.3, 0.4) is 0 Å². The topological polar surface area (TPSA) is 55.4 Å². The molecule has 0 aliphatic rings. The number of nitrogens with one attached hydrogen (secondary N) is 1. The smallest absolute Gasteiger partial charge is 0.417 e. The number of rotatable bonds is 7. The van der Waals surface area contributed by atoms with Gasteiger partial charge in [-0.15, -0.1) is 0 Å². The Morgan fingerprint density at radius 3 is 1.94 bits per heavy atom. The largest absolute Gasteiger partial charge is 0.497 e. The molecule has 0 unspecified atom stereocenters. The summed E-state index contributed by atoms with van der Waals surface area (Å²) < 4.78 is 82.3. The van der Waals surface area contributed by atoms with Gasteiger partial charge in [-0.2, -0.15) is 26.3 Å². The number of hydrogen-bond acceptors (Lipinski definition) is 3. The van der Waals surface area contributed by atoms with Crippen molar-refractivity contribution in [3.8, 4) is 5.75 Å². The van der Waals surface area contributed by atoms with E-state index in [1.807, 2.05) is 5.32 Å². The summed E-state index contributed by atoms with van der Waals surface area (Å²) in [6, 6.07) is 7.64. The predicted octanol–water partition coefficient (Wildman–Crippen LogP) is 6.03. The van der Waals surface area contributed by atoms with Gasteiger partial charge < -0.3 is 10.1 Å². The maximum absolute atomic E-state index is 13.1. The number of ketones is 1. The first-order valence-corrected chi connectivity index (χ1v) is 9.57. The van der Waals surface area contributed by atoms with Crippen LogP contribution >= 0.6 is 15.9 Å². The molecule has 0 radical (unpaired) electrons. The highest BCUT2D eigenvalue weighted by Crippen LogP contribution is 2.44. The van der Waals surface area contributed by atoms with Gasteiger partial charge in [-0.1, -0.05) is 12.1 Å². The van der Waals surface area contributed by atoms with E-state index < -0.39 is 45.3 Å². The summed E-state index contributed by atoms with van der Waals surface area (Å²) >= 11 is 2.32. The van der Waals surface area contributed by atoms with Gasteiger partial charge >= 0.3 is 12.4 Å². The SMILES string of the molecule is COc1ccc(CCCC(=O)C(=O)Nc2cc(C(F)(F)F)c(Br)c(C(F)(F)F)c2)cc1. The lowest BCUT2D eigenvalue weighted by atomic mass is 10.1. The van der Waals surface area contributed by atoms with Crippen LogP contribution in [0.2, 0.25) is 0 Å². The second-order valence-electron chi connectivity index (χ2n) is 6.46. The Morgan fingerprint density at radius 1 is 0.968 bits per heavy atom. The molecule has 0 spiro atoms. The molecule has 0 bridgehead atoms. The van der Waals surface area contributed by atoms with Gasteiger partial charge in [0.25, 0.3) is 5.91 Å². The van der Waals surface area contributed by atoms with Gasteiger partial charge in [-0.25, -0.2) is 0 Å². The molecule has 2 aromatic carbocycles. The molecular formula is C20H16BrF6NO3. The highest BCUT2D eigenvalue weighted by Gasteiger charge is 2.41. The summed E-state index contributed by atoms with van der Waals surface area (Å²) in [7, 11) is 1.51.